The summed E-state index contributed by atoms with van der Waals surface area (Å²) in [5, 5.41) is 18.1. The van der Waals surface area contributed by atoms with Gasteiger partial charge in [-0.2, -0.15) is 0 Å². The zero-order chi connectivity index (χ0) is 10.7. The molecule has 2 N–H and O–H groups in total. The molecule has 0 aliphatic heterocycles. The van der Waals surface area contributed by atoms with E-state index in [4.69, 9.17) is 26.4 Å². The lowest BCUT2D eigenvalue weighted by Crippen LogP contribution is -2.31. The molecule has 0 bridgehead atoms. The first-order chi connectivity index (χ1) is 6.60. The fourth-order valence-corrected chi connectivity index (χ4v) is 1.42. The van der Waals surface area contributed by atoms with Crippen molar-refractivity contribution in [1.29, 1.82) is 0 Å². The van der Waals surface area contributed by atoms with Crippen LogP contribution in [-0.2, 0) is 0 Å². The molecule has 0 saturated carbocycles. The number of rotatable bonds is 3. The fourth-order valence-electron chi connectivity index (χ4n) is 1.11. The molecule has 74 valence electrons. The number of halogens is 1. The molecule has 0 aliphatic carbocycles. The molecule has 0 amide bonds. The normalized spacial score (nSPS) is 9.71. The number of aldehydes is 1. The van der Waals surface area contributed by atoms with Crippen LogP contribution in [0.25, 0.3) is 0 Å². The van der Waals surface area contributed by atoms with Gasteiger partial charge >= 0.3 is 7.12 Å². The van der Waals surface area contributed by atoms with Crippen LogP contribution >= 0.6 is 11.6 Å². The van der Waals surface area contributed by atoms with Gasteiger partial charge in [0.1, 0.15) is 12.0 Å². The maximum absolute atomic E-state index is 10.5. The fraction of sp³-hybridized carbons (Fsp3) is 0.125. The van der Waals surface area contributed by atoms with E-state index in [2.05, 4.69) is 0 Å². The first-order valence-corrected chi connectivity index (χ1v) is 4.16. The number of hydrogen-bond acceptors (Lipinski definition) is 4. The van der Waals surface area contributed by atoms with Crippen LogP contribution in [0.15, 0.2) is 12.1 Å². The van der Waals surface area contributed by atoms with Crippen molar-refractivity contribution in [3.8, 4) is 5.75 Å². The summed E-state index contributed by atoms with van der Waals surface area (Å²) in [5.74, 6) is 0.160. The molecule has 1 aromatic rings. The van der Waals surface area contributed by atoms with Gasteiger partial charge < -0.3 is 14.8 Å². The van der Waals surface area contributed by atoms with Crippen LogP contribution in [0.5, 0.6) is 5.75 Å². The Kier molecular flexibility index (Phi) is 3.52. The molecule has 1 rings (SSSR count). The molecule has 0 spiro atoms. The van der Waals surface area contributed by atoms with Crippen LogP contribution in [0.1, 0.15) is 10.4 Å². The minimum absolute atomic E-state index is 0.0714. The highest BCUT2D eigenvalue weighted by atomic mass is 35.5. The number of carbonyl (C=O) groups excluding carboxylic acids is 1. The van der Waals surface area contributed by atoms with Gasteiger partial charge in [-0.25, -0.2) is 0 Å². The third-order valence-corrected chi connectivity index (χ3v) is 1.99. The van der Waals surface area contributed by atoms with Crippen molar-refractivity contribution >= 4 is 30.5 Å². The number of ether oxygens (including phenoxy) is 1. The van der Waals surface area contributed by atoms with Gasteiger partial charge in [0.05, 0.1) is 12.1 Å². The van der Waals surface area contributed by atoms with E-state index in [0.29, 0.717) is 6.29 Å². The number of carbonyl (C=O) groups is 1. The van der Waals surface area contributed by atoms with Gasteiger partial charge in [0.15, 0.2) is 0 Å². The van der Waals surface area contributed by atoms with E-state index in [1.165, 1.54) is 19.2 Å². The predicted molar refractivity (Wildman–Crippen MR) is 53.2 cm³/mol. The maximum Gasteiger partial charge on any atom is 0.492 e. The van der Waals surface area contributed by atoms with Crippen LogP contribution in [0, 0.1) is 0 Å². The van der Waals surface area contributed by atoms with E-state index < -0.39 is 7.12 Å². The lowest BCUT2D eigenvalue weighted by molar-refractivity contribution is 0.112. The Labute approximate surface area is 86.2 Å². The van der Waals surface area contributed by atoms with Gasteiger partial charge in [-0.1, -0.05) is 11.6 Å². The zero-order valence-electron chi connectivity index (χ0n) is 7.40. The molecule has 0 unspecified atom stereocenters. The zero-order valence-corrected chi connectivity index (χ0v) is 8.15. The van der Waals surface area contributed by atoms with Gasteiger partial charge in [0.2, 0.25) is 0 Å². The van der Waals surface area contributed by atoms with Crippen LogP contribution in [0.4, 0.5) is 0 Å². The van der Waals surface area contributed by atoms with Crippen molar-refractivity contribution in [3.63, 3.8) is 0 Å². The van der Waals surface area contributed by atoms with E-state index in [-0.39, 0.29) is 21.8 Å². The van der Waals surface area contributed by atoms with Crippen molar-refractivity contribution in [2.75, 3.05) is 7.11 Å². The Morgan fingerprint density at radius 3 is 2.57 bits per heavy atom. The molecule has 14 heavy (non-hydrogen) atoms. The Bertz CT molecular complexity index is 353. The van der Waals surface area contributed by atoms with E-state index in [1.54, 1.807) is 0 Å². The third kappa shape index (κ3) is 2.06. The SMILES string of the molecule is COc1c(Cl)cc(C=O)cc1B(O)O. The third-order valence-electron chi connectivity index (χ3n) is 1.71. The summed E-state index contributed by atoms with van der Waals surface area (Å²) in [4.78, 5) is 10.5. The minimum atomic E-state index is -1.72. The summed E-state index contributed by atoms with van der Waals surface area (Å²) in [7, 11) is -0.365. The Morgan fingerprint density at radius 2 is 2.14 bits per heavy atom. The Balaban J connectivity index is 3.35. The monoisotopic (exact) mass is 214 g/mol. The van der Waals surface area contributed by atoms with Gasteiger partial charge in [-0.05, 0) is 12.1 Å². The van der Waals surface area contributed by atoms with Crippen LogP contribution in [0.2, 0.25) is 5.02 Å². The van der Waals surface area contributed by atoms with Crippen molar-refractivity contribution in [2.45, 2.75) is 0 Å². The highest BCUT2D eigenvalue weighted by Gasteiger charge is 2.20. The topological polar surface area (TPSA) is 66.8 Å². The van der Waals surface area contributed by atoms with Gasteiger partial charge in [0, 0.05) is 11.0 Å². The van der Waals surface area contributed by atoms with E-state index >= 15 is 0 Å². The standard InChI is InChI=1S/C8H8BClO4/c1-14-8-6(9(12)13)2-5(4-11)3-7(8)10/h2-4,12-13H,1H3. The van der Waals surface area contributed by atoms with Crippen LogP contribution < -0.4 is 10.2 Å². The Morgan fingerprint density at radius 1 is 1.50 bits per heavy atom. The second kappa shape index (κ2) is 4.46. The quantitative estimate of drug-likeness (QED) is 0.542. The average Bonchev–Trinajstić information content (AvgIpc) is 2.16. The molecule has 1 aromatic carbocycles. The molecule has 0 saturated heterocycles. The average molecular weight is 214 g/mol. The molecule has 0 atom stereocenters. The lowest BCUT2D eigenvalue weighted by atomic mass is 9.79. The molecule has 0 aliphatic rings. The van der Waals surface area contributed by atoms with Gasteiger partial charge in [0.25, 0.3) is 0 Å². The highest BCUT2D eigenvalue weighted by Crippen LogP contribution is 2.22. The molecular weight excluding hydrogens is 206 g/mol. The second-order valence-electron chi connectivity index (χ2n) is 2.62. The largest absolute Gasteiger partial charge is 0.496 e. The van der Waals surface area contributed by atoms with Gasteiger partial charge in [-0.15, -0.1) is 0 Å². The summed E-state index contributed by atoms with van der Waals surface area (Å²) in [6.07, 6.45) is 0.567. The molecule has 0 radical (unpaired) electrons. The summed E-state index contributed by atoms with van der Waals surface area (Å²) < 4.78 is 4.87. The molecule has 6 heteroatoms. The van der Waals surface area contributed by atoms with Gasteiger partial charge in [-0.3, -0.25) is 4.79 Å². The van der Waals surface area contributed by atoms with Crippen molar-refractivity contribution in [3.05, 3.63) is 22.7 Å². The van der Waals surface area contributed by atoms with E-state index in [1.807, 2.05) is 0 Å². The summed E-state index contributed by atoms with van der Waals surface area (Å²) in [6, 6.07) is 2.70. The number of hydrogen-bond donors (Lipinski definition) is 2. The molecular formula is C8H8BClO4. The molecule has 0 fully saturated rings. The summed E-state index contributed by atoms with van der Waals surface area (Å²) in [5.41, 5.74) is 0.334. The lowest BCUT2D eigenvalue weighted by Gasteiger charge is -2.09. The molecule has 0 aromatic heterocycles. The molecule has 0 heterocycles. The Hall–Kier alpha value is -1.04. The number of benzene rings is 1. The van der Waals surface area contributed by atoms with E-state index in [9.17, 15) is 4.79 Å². The summed E-state index contributed by atoms with van der Waals surface area (Å²) in [6.45, 7) is 0. The maximum atomic E-state index is 10.5. The first-order valence-electron chi connectivity index (χ1n) is 3.79. The van der Waals surface area contributed by atoms with Crippen molar-refractivity contribution in [2.24, 2.45) is 0 Å². The second-order valence-corrected chi connectivity index (χ2v) is 3.02. The predicted octanol–water partition coefficient (Wildman–Crippen LogP) is -0.159. The van der Waals surface area contributed by atoms with Crippen molar-refractivity contribution < 1.29 is 19.6 Å². The minimum Gasteiger partial charge on any atom is -0.496 e. The highest BCUT2D eigenvalue weighted by molar-refractivity contribution is 6.60. The van der Waals surface area contributed by atoms with E-state index in [0.717, 1.165) is 0 Å². The molecule has 4 nitrogen and oxygen atoms in total. The smallest absolute Gasteiger partial charge is 0.492 e. The van der Waals surface area contributed by atoms with Crippen molar-refractivity contribution in [1.82, 2.24) is 0 Å². The first kappa shape index (κ1) is 11.0. The summed E-state index contributed by atoms with van der Waals surface area (Å²) >= 11 is 5.75. The van der Waals surface area contributed by atoms with Crippen LogP contribution in [-0.4, -0.2) is 30.6 Å². The number of methoxy groups -OCH3 is 1. The van der Waals surface area contributed by atoms with Crippen LogP contribution in [0.3, 0.4) is 0 Å².